The van der Waals surface area contributed by atoms with Crippen molar-refractivity contribution in [2.75, 3.05) is 79.2 Å². The highest BCUT2D eigenvalue weighted by atomic mass is 16.6. The predicted octanol–water partition coefficient (Wildman–Crippen LogP) is 2.03. The summed E-state index contributed by atoms with van der Waals surface area (Å²) in [7, 11) is 0. The number of phenolic OH excluding ortho intramolecular Hbond substituents is 2. The van der Waals surface area contributed by atoms with Gasteiger partial charge in [-0.15, -0.1) is 0 Å². The number of fused-ring (bicyclic) bond motifs is 1. The molecule has 0 saturated carbocycles. The summed E-state index contributed by atoms with van der Waals surface area (Å²) < 4.78 is 32.7. The Morgan fingerprint density at radius 1 is 0.780 bits per heavy atom. The number of aromatic hydroxyl groups is 2. The maximum atomic E-state index is 12.4. The molecule has 0 fully saturated rings. The molecule has 0 spiro atoms. The van der Waals surface area contributed by atoms with Crippen molar-refractivity contribution in [3.8, 4) is 22.8 Å². The van der Waals surface area contributed by atoms with Crippen molar-refractivity contribution in [1.82, 2.24) is 5.32 Å². The third-order valence-corrected chi connectivity index (χ3v) is 5.79. The first-order valence-corrected chi connectivity index (χ1v) is 13.5. The van der Waals surface area contributed by atoms with Crippen LogP contribution in [-0.2, 0) is 23.7 Å². The van der Waals surface area contributed by atoms with E-state index in [0.29, 0.717) is 90.3 Å². The van der Waals surface area contributed by atoms with E-state index in [-0.39, 0.29) is 33.8 Å². The normalized spacial score (nSPS) is 11.2. The van der Waals surface area contributed by atoms with Gasteiger partial charge in [0.1, 0.15) is 5.76 Å². The number of benzene rings is 2. The van der Waals surface area contributed by atoms with E-state index in [0.717, 1.165) is 6.42 Å². The Balaban J connectivity index is 1.24. The number of rotatable bonds is 20. The highest BCUT2D eigenvalue weighted by molar-refractivity contribution is 5.94. The molecule has 2 aromatic carbocycles. The molecule has 0 aliphatic heterocycles. The van der Waals surface area contributed by atoms with Gasteiger partial charge in [-0.25, -0.2) is 0 Å². The first kappa shape index (κ1) is 32.0. The fourth-order valence-corrected chi connectivity index (χ4v) is 3.63. The minimum absolute atomic E-state index is 0.106. The summed E-state index contributed by atoms with van der Waals surface area (Å²) >= 11 is 0. The molecule has 0 aliphatic rings. The monoisotopic (exact) mass is 574 g/mol. The molecule has 0 atom stereocenters. The molecule has 12 nitrogen and oxygen atoms in total. The number of nitrogens with one attached hydrogen (secondary N) is 1. The van der Waals surface area contributed by atoms with Gasteiger partial charge in [0, 0.05) is 30.3 Å². The zero-order chi connectivity index (χ0) is 29.3. The first-order valence-electron chi connectivity index (χ1n) is 13.5. The number of hydrogen-bond acceptors (Lipinski definition) is 11. The second-order valence-electron chi connectivity index (χ2n) is 8.82. The Morgan fingerprint density at radius 3 is 1.93 bits per heavy atom. The minimum Gasteiger partial charge on any atom is -0.504 e. The van der Waals surface area contributed by atoms with Crippen LogP contribution in [0.1, 0.15) is 16.8 Å². The summed E-state index contributed by atoms with van der Waals surface area (Å²) in [4.78, 5) is 24.8. The van der Waals surface area contributed by atoms with Crippen molar-refractivity contribution in [3.63, 3.8) is 0 Å². The molecule has 1 amide bonds. The average Bonchev–Trinajstić information content (AvgIpc) is 2.98. The predicted molar refractivity (Wildman–Crippen MR) is 151 cm³/mol. The molecule has 1 aromatic heterocycles. The maximum absolute atomic E-state index is 12.4. The van der Waals surface area contributed by atoms with Crippen LogP contribution in [0.2, 0.25) is 0 Å². The fourth-order valence-electron chi connectivity index (χ4n) is 3.63. The Hall–Kier alpha value is -3.52. The molecule has 224 valence electrons. The van der Waals surface area contributed by atoms with Crippen LogP contribution in [0.4, 0.5) is 0 Å². The summed E-state index contributed by atoms with van der Waals surface area (Å²) in [5.41, 5.74) is 5.86. The van der Waals surface area contributed by atoms with Gasteiger partial charge < -0.3 is 49.4 Å². The lowest BCUT2D eigenvalue weighted by Crippen LogP contribution is -2.27. The van der Waals surface area contributed by atoms with E-state index in [1.165, 1.54) is 18.2 Å². The highest BCUT2D eigenvalue weighted by Crippen LogP contribution is 2.34. The van der Waals surface area contributed by atoms with Crippen LogP contribution in [0, 0.1) is 0 Å². The van der Waals surface area contributed by atoms with Gasteiger partial charge in [0.2, 0.25) is 5.75 Å². The topological polar surface area (TPSA) is 172 Å². The summed E-state index contributed by atoms with van der Waals surface area (Å²) in [6, 6.07) is 10.3. The third kappa shape index (κ3) is 10.8. The number of amides is 1. The van der Waals surface area contributed by atoms with E-state index >= 15 is 0 Å². The van der Waals surface area contributed by atoms with Crippen LogP contribution >= 0.6 is 0 Å². The lowest BCUT2D eigenvalue weighted by Gasteiger charge is -2.09. The van der Waals surface area contributed by atoms with Crippen LogP contribution in [0.25, 0.3) is 22.3 Å². The molecule has 12 heteroatoms. The van der Waals surface area contributed by atoms with Crippen LogP contribution in [0.15, 0.2) is 51.7 Å². The van der Waals surface area contributed by atoms with Gasteiger partial charge in [0.05, 0.1) is 64.8 Å². The second-order valence-corrected chi connectivity index (χ2v) is 8.82. The number of carbonyl (C=O) groups is 1. The summed E-state index contributed by atoms with van der Waals surface area (Å²) in [6.07, 6.45) is 0.849. The Labute approximate surface area is 237 Å². The van der Waals surface area contributed by atoms with E-state index in [2.05, 4.69) is 5.32 Å². The molecule has 3 aromatic rings. The van der Waals surface area contributed by atoms with Crippen LogP contribution in [0.5, 0.6) is 11.5 Å². The van der Waals surface area contributed by atoms with E-state index in [9.17, 15) is 19.8 Å². The fraction of sp³-hybridized carbons (Fsp3) is 0.448. The lowest BCUT2D eigenvalue weighted by molar-refractivity contribution is -0.0108. The van der Waals surface area contributed by atoms with Gasteiger partial charge in [-0.3, -0.25) is 9.59 Å². The molecular weight excluding hydrogens is 536 g/mol. The smallest absolute Gasteiger partial charge is 0.251 e. The van der Waals surface area contributed by atoms with Crippen molar-refractivity contribution < 1.29 is 43.1 Å². The first-order chi connectivity index (χ1) is 20.0. The van der Waals surface area contributed by atoms with Crippen LogP contribution in [-0.4, -0.2) is 95.3 Å². The van der Waals surface area contributed by atoms with Gasteiger partial charge in [-0.1, -0.05) is 12.1 Å². The molecule has 41 heavy (non-hydrogen) atoms. The van der Waals surface area contributed by atoms with E-state index in [4.69, 9.17) is 33.8 Å². The van der Waals surface area contributed by atoms with Crippen molar-refractivity contribution >= 4 is 16.9 Å². The molecule has 5 N–H and O–H groups in total. The number of nitrogens with two attached hydrogens (primary N) is 1. The van der Waals surface area contributed by atoms with Crippen molar-refractivity contribution in [2.45, 2.75) is 6.42 Å². The number of phenols is 2. The summed E-state index contributed by atoms with van der Waals surface area (Å²) in [6.45, 7) is 5.72. The van der Waals surface area contributed by atoms with Gasteiger partial charge in [0.25, 0.3) is 5.91 Å². The van der Waals surface area contributed by atoms with Gasteiger partial charge >= 0.3 is 0 Å². The second kappa shape index (κ2) is 18.0. The average molecular weight is 575 g/mol. The van der Waals surface area contributed by atoms with Gasteiger partial charge in [-0.2, -0.15) is 0 Å². The molecule has 0 saturated heterocycles. The largest absolute Gasteiger partial charge is 0.504 e. The molecule has 0 aliphatic carbocycles. The minimum atomic E-state index is -0.505. The standard InChI is InChI=1S/C29H38N2O10/c30-8-1-10-36-12-14-38-16-18-40-19-17-39-15-13-37-11-9-31-29(35)22-4-2-21(3-5-22)26-20-25(33)23-6-7-24(32)27(34)28(23)41-26/h2-7,20,32,34H,1,8-19,30H2,(H,31,35). The SMILES string of the molecule is NCCCOCCOCCOCCOCCOCCNC(=O)c1ccc(-c2cc(=O)c3ccc(O)c(O)c3o2)cc1. The molecule has 3 rings (SSSR count). The van der Waals surface area contributed by atoms with Crippen molar-refractivity contribution in [1.29, 1.82) is 0 Å². The summed E-state index contributed by atoms with van der Waals surface area (Å²) in [5, 5.41) is 22.7. The zero-order valence-electron chi connectivity index (χ0n) is 23.0. The summed E-state index contributed by atoms with van der Waals surface area (Å²) in [5.74, 6) is -0.975. The Kier molecular flexibility index (Phi) is 14.1. The zero-order valence-corrected chi connectivity index (χ0v) is 23.0. The van der Waals surface area contributed by atoms with E-state index < -0.39 is 5.75 Å². The molecule has 0 unspecified atom stereocenters. The van der Waals surface area contributed by atoms with Crippen LogP contribution < -0.4 is 16.5 Å². The van der Waals surface area contributed by atoms with E-state index in [1.54, 1.807) is 24.3 Å². The Morgan fingerprint density at radius 2 is 1.34 bits per heavy atom. The lowest BCUT2D eigenvalue weighted by atomic mass is 10.1. The maximum Gasteiger partial charge on any atom is 0.251 e. The number of ether oxygens (including phenoxy) is 5. The number of hydrogen-bond donors (Lipinski definition) is 4. The molecule has 0 radical (unpaired) electrons. The molecule has 1 heterocycles. The quantitative estimate of drug-likeness (QED) is 0.115. The number of carbonyl (C=O) groups excluding carboxylic acids is 1. The van der Waals surface area contributed by atoms with Gasteiger partial charge in [-0.05, 0) is 37.2 Å². The highest BCUT2D eigenvalue weighted by Gasteiger charge is 2.14. The third-order valence-electron chi connectivity index (χ3n) is 5.79. The molecule has 0 bridgehead atoms. The Bertz CT molecular complexity index is 1260. The van der Waals surface area contributed by atoms with Crippen molar-refractivity contribution in [2.24, 2.45) is 5.73 Å². The van der Waals surface area contributed by atoms with Crippen LogP contribution in [0.3, 0.4) is 0 Å². The van der Waals surface area contributed by atoms with Crippen molar-refractivity contribution in [3.05, 3.63) is 58.3 Å². The van der Waals surface area contributed by atoms with Gasteiger partial charge in [0.15, 0.2) is 16.8 Å². The molecular formula is C29H38N2O10. The van der Waals surface area contributed by atoms with E-state index in [1.807, 2.05) is 0 Å².